The predicted molar refractivity (Wildman–Crippen MR) is 84.2 cm³/mol. The van der Waals surface area contributed by atoms with Crippen molar-refractivity contribution < 1.29 is 9.47 Å². The molecule has 0 aromatic carbocycles. The first kappa shape index (κ1) is 17.9. The summed E-state index contributed by atoms with van der Waals surface area (Å²) in [5.41, 5.74) is 0. The van der Waals surface area contributed by atoms with Crippen molar-refractivity contribution >= 4 is 0 Å². The third kappa shape index (κ3) is 6.08. The number of methoxy groups -OCH3 is 1. The third-order valence-electron chi connectivity index (χ3n) is 4.43. The summed E-state index contributed by atoms with van der Waals surface area (Å²) in [6.45, 7) is 12.5. The Hall–Kier alpha value is -0.160. The highest BCUT2D eigenvalue weighted by Crippen LogP contribution is 2.19. The second-order valence-electron chi connectivity index (χ2n) is 5.95. The number of ether oxygens (including phenoxy) is 2. The molecule has 1 heterocycles. The topological polar surface area (TPSA) is 33.7 Å². The van der Waals surface area contributed by atoms with Crippen LogP contribution in [0.15, 0.2) is 0 Å². The Morgan fingerprint density at radius 3 is 2.70 bits per heavy atom. The van der Waals surface area contributed by atoms with Crippen LogP contribution in [0.1, 0.15) is 40.0 Å². The molecular weight excluding hydrogens is 252 g/mol. The van der Waals surface area contributed by atoms with Crippen LogP contribution in [-0.2, 0) is 9.47 Å². The van der Waals surface area contributed by atoms with Crippen molar-refractivity contribution in [3.63, 3.8) is 0 Å². The van der Waals surface area contributed by atoms with E-state index in [1.54, 1.807) is 7.11 Å². The fraction of sp³-hybridized carbons (Fsp3) is 1.00. The van der Waals surface area contributed by atoms with E-state index in [1.807, 2.05) is 0 Å². The first-order valence-corrected chi connectivity index (χ1v) is 8.27. The molecule has 0 aliphatic carbocycles. The fourth-order valence-corrected chi connectivity index (χ4v) is 2.96. The molecule has 0 aromatic heterocycles. The van der Waals surface area contributed by atoms with Crippen molar-refractivity contribution in [3.8, 4) is 0 Å². The van der Waals surface area contributed by atoms with Crippen molar-refractivity contribution in [3.05, 3.63) is 0 Å². The van der Waals surface area contributed by atoms with Gasteiger partial charge in [-0.25, -0.2) is 0 Å². The monoisotopic (exact) mass is 286 g/mol. The van der Waals surface area contributed by atoms with E-state index in [0.29, 0.717) is 25.3 Å². The summed E-state index contributed by atoms with van der Waals surface area (Å²) >= 11 is 0. The largest absolute Gasteiger partial charge is 0.382 e. The van der Waals surface area contributed by atoms with E-state index >= 15 is 0 Å². The van der Waals surface area contributed by atoms with Crippen LogP contribution in [0.4, 0.5) is 0 Å². The highest BCUT2D eigenvalue weighted by molar-refractivity contribution is 4.88. The lowest BCUT2D eigenvalue weighted by Crippen LogP contribution is -2.59. The first-order chi connectivity index (χ1) is 9.72. The summed E-state index contributed by atoms with van der Waals surface area (Å²) in [5, 5.41) is 3.72. The minimum Gasteiger partial charge on any atom is -0.382 e. The number of hydrogen-bond donors (Lipinski definition) is 1. The van der Waals surface area contributed by atoms with Gasteiger partial charge in [0, 0.05) is 38.8 Å². The van der Waals surface area contributed by atoms with Gasteiger partial charge in [0.15, 0.2) is 0 Å². The summed E-state index contributed by atoms with van der Waals surface area (Å²) in [6, 6.07) is 1.30. The molecule has 0 spiro atoms. The molecule has 1 fully saturated rings. The van der Waals surface area contributed by atoms with Crippen LogP contribution in [0, 0.1) is 5.92 Å². The molecule has 3 atom stereocenters. The average Bonchev–Trinajstić information content (AvgIpc) is 2.47. The second-order valence-corrected chi connectivity index (χ2v) is 5.95. The normalized spacial score (nSPS) is 25.8. The Bertz CT molecular complexity index is 239. The average molecular weight is 286 g/mol. The van der Waals surface area contributed by atoms with Crippen LogP contribution in [-0.4, -0.2) is 63.5 Å². The van der Waals surface area contributed by atoms with E-state index in [1.165, 1.54) is 19.3 Å². The molecule has 1 rings (SSSR count). The fourth-order valence-electron chi connectivity index (χ4n) is 2.96. The maximum absolute atomic E-state index is 5.65. The molecule has 120 valence electrons. The Balaban J connectivity index is 2.40. The standard InChI is InChI=1S/C16H34N2O2/c1-5-7-15-13-18(8-9-20-11-10-19-4)16(12-17-15)14(3)6-2/h14-17H,5-13H2,1-4H3. The van der Waals surface area contributed by atoms with E-state index in [4.69, 9.17) is 9.47 Å². The van der Waals surface area contributed by atoms with Gasteiger partial charge in [-0.3, -0.25) is 4.90 Å². The molecule has 20 heavy (non-hydrogen) atoms. The maximum Gasteiger partial charge on any atom is 0.0700 e. The number of nitrogens with zero attached hydrogens (tertiary/aromatic N) is 1. The summed E-state index contributed by atoms with van der Waals surface area (Å²) in [5.74, 6) is 0.740. The van der Waals surface area contributed by atoms with Gasteiger partial charge in [-0.05, 0) is 12.3 Å². The lowest BCUT2D eigenvalue weighted by atomic mass is 9.93. The maximum atomic E-state index is 5.65. The third-order valence-corrected chi connectivity index (χ3v) is 4.43. The Kier molecular flexibility index (Phi) is 9.44. The zero-order chi connectivity index (χ0) is 14.8. The molecule has 3 unspecified atom stereocenters. The van der Waals surface area contributed by atoms with Crippen molar-refractivity contribution in [2.45, 2.75) is 52.1 Å². The van der Waals surface area contributed by atoms with Crippen LogP contribution >= 0.6 is 0 Å². The number of hydrogen-bond acceptors (Lipinski definition) is 4. The van der Waals surface area contributed by atoms with Crippen molar-refractivity contribution in [2.75, 3.05) is 46.6 Å². The highest BCUT2D eigenvalue weighted by Gasteiger charge is 2.29. The van der Waals surface area contributed by atoms with Gasteiger partial charge in [-0.1, -0.05) is 33.6 Å². The molecule has 1 aliphatic heterocycles. The molecule has 0 radical (unpaired) electrons. The Morgan fingerprint density at radius 2 is 2.05 bits per heavy atom. The predicted octanol–water partition coefficient (Wildman–Crippen LogP) is 2.14. The highest BCUT2D eigenvalue weighted by atomic mass is 16.5. The second kappa shape index (κ2) is 10.6. The lowest BCUT2D eigenvalue weighted by molar-refractivity contribution is 0.0278. The van der Waals surface area contributed by atoms with Crippen molar-refractivity contribution in [1.29, 1.82) is 0 Å². The summed E-state index contributed by atoms with van der Waals surface area (Å²) in [4.78, 5) is 2.64. The summed E-state index contributed by atoms with van der Waals surface area (Å²) in [7, 11) is 1.72. The molecule has 4 heteroatoms. The molecule has 1 N–H and O–H groups in total. The molecule has 1 saturated heterocycles. The van der Waals surface area contributed by atoms with Crippen LogP contribution in [0.25, 0.3) is 0 Å². The van der Waals surface area contributed by atoms with Crippen LogP contribution < -0.4 is 5.32 Å². The van der Waals surface area contributed by atoms with Crippen molar-refractivity contribution in [2.24, 2.45) is 5.92 Å². The van der Waals surface area contributed by atoms with Crippen LogP contribution in [0.3, 0.4) is 0 Å². The van der Waals surface area contributed by atoms with Crippen LogP contribution in [0.5, 0.6) is 0 Å². The Labute approximate surface area is 125 Å². The van der Waals surface area contributed by atoms with E-state index in [0.717, 1.165) is 32.2 Å². The van der Waals surface area contributed by atoms with E-state index in [9.17, 15) is 0 Å². The van der Waals surface area contributed by atoms with Gasteiger partial charge in [0.05, 0.1) is 19.8 Å². The zero-order valence-corrected chi connectivity index (χ0v) is 13.9. The van der Waals surface area contributed by atoms with Gasteiger partial charge in [0.2, 0.25) is 0 Å². The van der Waals surface area contributed by atoms with E-state index < -0.39 is 0 Å². The van der Waals surface area contributed by atoms with Gasteiger partial charge in [0.1, 0.15) is 0 Å². The summed E-state index contributed by atoms with van der Waals surface area (Å²) < 4.78 is 10.7. The number of nitrogens with one attached hydrogen (secondary N) is 1. The SMILES string of the molecule is CCCC1CN(CCOCCOC)C(C(C)CC)CN1. The van der Waals surface area contributed by atoms with Gasteiger partial charge >= 0.3 is 0 Å². The smallest absolute Gasteiger partial charge is 0.0700 e. The minimum absolute atomic E-state index is 0.652. The van der Waals surface area contributed by atoms with Crippen molar-refractivity contribution in [1.82, 2.24) is 10.2 Å². The molecule has 0 aromatic rings. The number of rotatable bonds is 10. The van der Waals surface area contributed by atoms with Gasteiger partial charge in [-0.2, -0.15) is 0 Å². The van der Waals surface area contributed by atoms with E-state index in [2.05, 4.69) is 31.0 Å². The zero-order valence-electron chi connectivity index (χ0n) is 13.9. The molecular formula is C16H34N2O2. The molecule has 0 bridgehead atoms. The minimum atomic E-state index is 0.652. The van der Waals surface area contributed by atoms with Gasteiger partial charge < -0.3 is 14.8 Å². The summed E-state index contributed by atoms with van der Waals surface area (Å²) in [6.07, 6.45) is 3.77. The first-order valence-electron chi connectivity index (χ1n) is 8.27. The molecule has 0 amide bonds. The molecule has 4 nitrogen and oxygen atoms in total. The lowest BCUT2D eigenvalue weighted by Gasteiger charge is -2.43. The molecule has 1 aliphatic rings. The van der Waals surface area contributed by atoms with Crippen LogP contribution in [0.2, 0.25) is 0 Å². The quantitative estimate of drug-likeness (QED) is 0.624. The van der Waals surface area contributed by atoms with Gasteiger partial charge in [0.25, 0.3) is 0 Å². The molecule has 0 saturated carbocycles. The van der Waals surface area contributed by atoms with E-state index in [-0.39, 0.29) is 0 Å². The number of piperazine rings is 1. The van der Waals surface area contributed by atoms with Gasteiger partial charge in [-0.15, -0.1) is 0 Å². The Morgan fingerprint density at radius 1 is 1.25 bits per heavy atom.